The van der Waals surface area contributed by atoms with E-state index in [1.54, 1.807) is 48.7 Å². The van der Waals surface area contributed by atoms with Gasteiger partial charge in [-0.1, -0.05) is 12.1 Å². The molecule has 4 saturated carbocycles. The second-order valence-corrected chi connectivity index (χ2v) is 10.1. The van der Waals surface area contributed by atoms with Crippen molar-refractivity contribution in [3.8, 4) is 5.75 Å². The number of benzene rings is 2. The van der Waals surface area contributed by atoms with E-state index in [1.807, 2.05) is 6.07 Å². The molecule has 6 rings (SSSR count). The van der Waals surface area contributed by atoms with Gasteiger partial charge in [-0.15, -0.1) is 0 Å². The molecular weight excluding hydrogens is 416 g/mol. The molecule has 0 aliphatic heterocycles. The zero-order valence-corrected chi connectivity index (χ0v) is 18.9. The summed E-state index contributed by atoms with van der Waals surface area (Å²) in [6.45, 7) is 0. The molecule has 0 unspecified atom stereocenters. The van der Waals surface area contributed by atoms with Crippen molar-refractivity contribution in [2.24, 2.45) is 28.2 Å². The number of nitrogens with one attached hydrogen (secondary N) is 1. The van der Waals surface area contributed by atoms with Gasteiger partial charge in [0.2, 0.25) is 0 Å². The summed E-state index contributed by atoms with van der Waals surface area (Å²) in [4.78, 5) is 30.3. The van der Waals surface area contributed by atoms with E-state index in [1.165, 1.54) is 26.4 Å². The fraction of sp³-hybridized carbons (Fsp3) is 0.444. The number of aliphatic imine (C=N–C) groups is 1. The minimum Gasteiger partial charge on any atom is -0.507 e. The summed E-state index contributed by atoms with van der Waals surface area (Å²) in [6.07, 6.45) is 8.39. The third-order valence-electron chi connectivity index (χ3n) is 7.83. The highest BCUT2D eigenvalue weighted by molar-refractivity contribution is 5.97. The number of hydrogen-bond donors (Lipinski definition) is 2. The summed E-state index contributed by atoms with van der Waals surface area (Å²) in [5, 5.41) is 12.9. The Morgan fingerprint density at radius 2 is 1.64 bits per heavy atom. The molecule has 2 aromatic carbocycles. The number of esters is 1. The quantitative estimate of drug-likeness (QED) is 0.500. The Hall–Kier alpha value is -3.15. The van der Waals surface area contributed by atoms with Crippen LogP contribution in [-0.4, -0.2) is 36.3 Å². The molecule has 4 aliphatic carbocycles. The molecule has 0 spiro atoms. The van der Waals surface area contributed by atoms with Crippen molar-refractivity contribution < 1.29 is 19.4 Å². The van der Waals surface area contributed by atoms with E-state index in [-0.39, 0.29) is 23.0 Å². The van der Waals surface area contributed by atoms with Crippen LogP contribution in [-0.2, 0) is 9.53 Å². The molecule has 172 valence electrons. The summed E-state index contributed by atoms with van der Waals surface area (Å²) in [7, 11) is 1.40. The minimum atomic E-state index is -0.609. The summed E-state index contributed by atoms with van der Waals surface area (Å²) in [5.74, 6) is 1.56. The van der Waals surface area contributed by atoms with Gasteiger partial charge in [0.25, 0.3) is 5.91 Å². The average molecular weight is 447 g/mol. The lowest BCUT2D eigenvalue weighted by atomic mass is 9.47. The lowest BCUT2D eigenvalue weighted by Crippen LogP contribution is -2.60. The van der Waals surface area contributed by atoms with Crippen LogP contribution in [0.5, 0.6) is 5.75 Å². The van der Waals surface area contributed by atoms with Crippen molar-refractivity contribution in [1.82, 2.24) is 5.32 Å². The van der Waals surface area contributed by atoms with E-state index in [0.29, 0.717) is 34.6 Å². The van der Waals surface area contributed by atoms with Crippen LogP contribution in [0.2, 0.25) is 0 Å². The molecule has 6 nitrogen and oxygen atoms in total. The first-order valence-corrected chi connectivity index (χ1v) is 11.8. The Morgan fingerprint density at radius 1 is 1.03 bits per heavy atom. The lowest BCUT2D eigenvalue weighted by molar-refractivity contribution is -0.154. The second kappa shape index (κ2) is 8.65. The van der Waals surface area contributed by atoms with Crippen molar-refractivity contribution in [3.05, 3.63) is 59.7 Å². The van der Waals surface area contributed by atoms with Crippen molar-refractivity contribution in [1.29, 1.82) is 0 Å². The predicted octanol–water partition coefficient (Wildman–Crippen LogP) is 4.63. The van der Waals surface area contributed by atoms with Crippen molar-refractivity contribution in [2.45, 2.75) is 44.6 Å². The number of aromatic hydroxyl groups is 1. The van der Waals surface area contributed by atoms with Gasteiger partial charge in [0.1, 0.15) is 11.8 Å². The first-order chi connectivity index (χ1) is 16.0. The molecule has 2 aromatic rings. The topological polar surface area (TPSA) is 88.0 Å². The smallest absolute Gasteiger partial charge is 0.328 e. The maximum absolute atomic E-state index is 13.1. The second-order valence-electron chi connectivity index (χ2n) is 10.1. The van der Waals surface area contributed by atoms with Crippen LogP contribution in [0.15, 0.2) is 53.5 Å². The highest BCUT2D eigenvalue weighted by atomic mass is 16.5. The number of para-hydroxylation sites is 1. The number of carbonyl (C=O) groups excluding carboxylic acids is 2. The standard InChI is InChI=1S/C27H30N2O4/c1-33-26(32)24(27-13-17-10-18(14-27)12-19(11-17)15-27)29-25(31)20-6-8-22(9-7-20)28-16-21-4-2-3-5-23(21)30/h2-9,16-19,24,30H,10-15H2,1H3,(H,29,31)/t17?,18?,19?,24-,27?/m0/s1. The van der Waals surface area contributed by atoms with E-state index in [9.17, 15) is 14.7 Å². The molecule has 4 bridgehead atoms. The number of amides is 1. The van der Waals surface area contributed by atoms with Gasteiger partial charge in [-0.25, -0.2) is 4.79 Å². The highest BCUT2D eigenvalue weighted by Crippen LogP contribution is 2.61. The third-order valence-corrected chi connectivity index (χ3v) is 7.83. The van der Waals surface area contributed by atoms with Crippen LogP contribution < -0.4 is 5.32 Å². The maximum Gasteiger partial charge on any atom is 0.328 e. The molecule has 0 radical (unpaired) electrons. The van der Waals surface area contributed by atoms with Gasteiger partial charge in [0.15, 0.2) is 0 Å². The summed E-state index contributed by atoms with van der Waals surface area (Å²) < 4.78 is 5.15. The molecule has 1 amide bonds. The fourth-order valence-electron chi connectivity index (χ4n) is 6.77. The molecule has 0 saturated heterocycles. The van der Waals surface area contributed by atoms with Crippen molar-refractivity contribution in [2.75, 3.05) is 7.11 Å². The van der Waals surface area contributed by atoms with Gasteiger partial charge in [-0.2, -0.15) is 0 Å². The molecule has 6 heteroatoms. The number of rotatable bonds is 6. The molecule has 0 aromatic heterocycles. The Balaban J connectivity index is 1.31. The number of carbonyl (C=O) groups is 2. The first-order valence-electron chi connectivity index (χ1n) is 11.8. The van der Waals surface area contributed by atoms with Gasteiger partial charge in [-0.3, -0.25) is 9.79 Å². The Morgan fingerprint density at radius 3 is 2.21 bits per heavy atom. The number of phenolic OH excluding ortho intramolecular Hbond substituents is 1. The van der Waals surface area contributed by atoms with Gasteiger partial charge >= 0.3 is 5.97 Å². The zero-order chi connectivity index (χ0) is 23.0. The van der Waals surface area contributed by atoms with Gasteiger partial charge < -0.3 is 15.2 Å². The van der Waals surface area contributed by atoms with E-state index in [0.717, 1.165) is 19.3 Å². The molecular formula is C27H30N2O4. The van der Waals surface area contributed by atoms with Gasteiger partial charge in [0, 0.05) is 22.8 Å². The van der Waals surface area contributed by atoms with Crippen LogP contribution >= 0.6 is 0 Å². The molecule has 0 heterocycles. The number of hydrogen-bond acceptors (Lipinski definition) is 5. The van der Waals surface area contributed by atoms with Crippen molar-refractivity contribution in [3.63, 3.8) is 0 Å². The summed E-state index contributed by atoms with van der Waals surface area (Å²) in [5.41, 5.74) is 1.59. The Labute approximate surface area is 194 Å². The number of nitrogens with zero attached hydrogens (tertiary/aromatic N) is 1. The SMILES string of the molecule is COC(=O)[C@H](NC(=O)c1ccc(N=Cc2ccccc2O)cc1)C12CC3CC(CC(C3)C1)C2. The number of phenols is 1. The van der Waals surface area contributed by atoms with E-state index in [2.05, 4.69) is 10.3 Å². The lowest BCUT2D eigenvalue weighted by Gasteiger charge is -2.58. The van der Waals surface area contributed by atoms with Crippen molar-refractivity contribution >= 4 is 23.8 Å². The average Bonchev–Trinajstić information content (AvgIpc) is 2.81. The number of methoxy groups -OCH3 is 1. The number of ether oxygens (including phenoxy) is 1. The maximum atomic E-state index is 13.1. The normalized spacial score (nSPS) is 28.6. The van der Waals surface area contributed by atoms with Crippen LogP contribution in [0.25, 0.3) is 0 Å². The van der Waals surface area contributed by atoms with E-state index < -0.39 is 6.04 Å². The Bertz CT molecular complexity index is 1040. The summed E-state index contributed by atoms with van der Waals surface area (Å²) >= 11 is 0. The third kappa shape index (κ3) is 4.26. The Kier molecular flexibility index (Phi) is 5.69. The van der Waals surface area contributed by atoms with Gasteiger partial charge in [-0.05, 0) is 92.7 Å². The van der Waals surface area contributed by atoms with Crippen LogP contribution in [0.3, 0.4) is 0 Å². The van der Waals surface area contributed by atoms with Crippen LogP contribution in [0.1, 0.15) is 54.4 Å². The zero-order valence-electron chi connectivity index (χ0n) is 18.9. The van der Waals surface area contributed by atoms with Gasteiger partial charge in [0.05, 0.1) is 12.8 Å². The van der Waals surface area contributed by atoms with Crippen LogP contribution in [0.4, 0.5) is 5.69 Å². The predicted molar refractivity (Wildman–Crippen MR) is 126 cm³/mol. The fourth-order valence-corrected chi connectivity index (χ4v) is 6.77. The monoisotopic (exact) mass is 446 g/mol. The summed E-state index contributed by atoms with van der Waals surface area (Å²) in [6, 6.07) is 13.3. The van der Waals surface area contributed by atoms with E-state index >= 15 is 0 Å². The minimum absolute atomic E-state index is 0.163. The largest absolute Gasteiger partial charge is 0.507 e. The molecule has 33 heavy (non-hydrogen) atoms. The highest BCUT2D eigenvalue weighted by Gasteiger charge is 2.56. The van der Waals surface area contributed by atoms with Crippen LogP contribution in [0, 0.1) is 23.2 Å². The van der Waals surface area contributed by atoms with E-state index in [4.69, 9.17) is 4.74 Å². The molecule has 2 N–H and O–H groups in total. The molecule has 1 atom stereocenters. The first kappa shape index (κ1) is 21.7. The molecule has 4 fully saturated rings. The molecule has 4 aliphatic rings.